The van der Waals surface area contributed by atoms with Crippen LogP contribution in [0.3, 0.4) is 0 Å². The molecule has 0 radical (unpaired) electrons. The van der Waals surface area contributed by atoms with Gasteiger partial charge in [0.05, 0.1) is 17.3 Å². The van der Waals surface area contributed by atoms with Gasteiger partial charge in [-0.2, -0.15) is 0 Å². The van der Waals surface area contributed by atoms with Gasteiger partial charge < -0.3 is 15.0 Å². The summed E-state index contributed by atoms with van der Waals surface area (Å²) in [6.45, 7) is 4.85. The lowest BCUT2D eigenvalue weighted by Gasteiger charge is -2.08. The van der Waals surface area contributed by atoms with Crippen LogP contribution in [0, 0.1) is 12.3 Å². The van der Waals surface area contributed by atoms with Crippen molar-refractivity contribution in [2.24, 2.45) is 5.41 Å². The molecule has 0 atom stereocenters. The molecule has 1 aliphatic carbocycles. The van der Waals surface area contributed by atoms with Gasteiger partial charge in [0.15, 0.2) is 0 Å². The molecular formula is C21H22ClN3O2. The number of fused-ring (bicyclic) bond motifs is 1. The van der Waals surface area contributed by atoms with Crippen molar-refractivity contribution in [1.29, 1.82) is 0 Å². The Kier molecular flexibility index (Phi) is 4.56. The number of aromatic amines is 1. The monoisotopic (exact) mass is 383 g/mol. The van der Waals surface area contributed by atoms with Gasteiger partial charge in [-0.3, -0.25) is 9.78 Å². The summed E-state index contributed by atoms with van der Waals surface area (Å²) >= 11 is 6.38. The summed E-state index contributed by atoms with van der Waals surface area (Å²) in [6.07, 6.45) is 3.71. The fourth-order valence-corrected chi connectivity index (χ4v) is 3.26. The molecule has 6 heteroatoms. The Morgan fingerprint density at radius 1 is 1.33 bits per heavy atom. The number of aromatic nitrogens is 2. The molecule has 1 fully saturated rings. The first-order chi connectivity index (χ1) is 12.9. The molecule has 1 aromatic carbocycles. The molecule has 3 aromatic rings. The van der Waals surface area contributed by atoms with Gasteiger partial charge in [0.2, 0.25) is 5.91 Å². The van der Waals surface area contributed by atoms with Crippen LogP contribution >= 0.6 is 11.6 Å². The molecule has 0 aliphatic heterocycles. The second-order valence-electron chi connectivity index (χ2n) is 7.52. The maximum Gasteiger partial charge on any atom is 0.226 e. The zero-order chi connectivity index (χ0) is 19.0. The Balaban J connectivity index is 1.46. The molecule has 27 heavy (non-hydrogen) atoms. The number of nitrogens with one attached hydrogen (secondary N) is 2. The molecule has 2 N–H and O–H groups in total. The molecule has 4 rings (SSSR count). The van der Waals surface area contributed by atoms with Crippen LogP contribution in [0.4, 0.5) is 0 Å². The average molecular weight is 384 g/mol. The van der Waals surface area contributed by atoms with E-state index in [2.05, 4.69) is 15.3 Å². The summed E-state index contributed by atoms with van der Waals surface area (Å²) in [5.74, 6) is 0.726. The van der Waals surface area contributed by atoms with Gasteiger partial charge in [0, 0.05) is 34.3 Å². The summed E-state index contributed by atoms with van der Waals surface area (Å²) < 4.78 is 5.86. The summed E-state index contributed by atoms with van der Waals surface area (Å²) in [5.41, 5.74) is 3.70. The number of pyridine rings is 1. The minimum absolute atomic E-state index is 0.119. The number of nitrogens with zero attached hydrogens (tertiary/aromatic N) is 1. The smallest absolute Gasteiger partial charge is 0.226 e. The van der Waals surface area contributed by atoms with Crippen molar-refractivity contribution in [1.82, 2.24) is 15.3 Å². The number of H-pyrrole nitrogens is 1. The van der Waals surface area contributed by atoms with Crippen molar-refractivity contribution in [3.05, 3.63) is 58.5 Å². The summed E-state index contributed by atoms with van der Waals surface area (Å²) in [6, 6.07) is 9.71. The minimum atomic E-state index is -0.167. The first-order valence-corrected chi connectivity index (χ1v) is 9.44. The van der Waals surface area contributed by atoms with E-state index in [0.717, 1.165) is 40.7 Å². The Labute approximate surface area is 163 Å². The molecule has 0 bridgehead atoms. The number of ether oxygens (including phenoxy) is 1. The molecular weight excluding hydrogens is 362 g/mol. The largest absolute Gasteiger partial charge is 0.486 e. The quantitative estimate of drug-likeness (QED) is 0.657. The van der Waals surface area contributed by atoms with E-state index < -0.39 is 0 Å². The van der Waals surface area contributed by atoms with Crippen molar-refractivity contribution >= 4 is 28.4 Å². The number of amides is 1. The number of rotatable bonds is 6. The predicted molar refractivity (Wildman–Crippen MR) is 106 cm³/mol. The van der Waals surface area contributed by atoms with Crippen molar-refractivity contribution in [3.8, 4) is 5.75 Å². The zero-order valence-electron chi connectivity index (χ0n) is 15.4. The van der Waals surface area contributed by atoms with Crippen molar-refractivity contribution < 1.29 is 9.53 Å². The van der Waals surface area contributed by atoms with Crippen LogP contribution < -0.4 is 10.1 Å². The molecule has 2 heterocycles. The highest BCUT2D eigenvalue weighted by Crippen LogP contribution is 2.45. The SMILES string of the molecule is Cc1ccnc(COc2cc3[nH]c(CNC(=O)C4(C)CC4)cc3cc2Cl)c1. The van der Waals surface area contributed by atoms with E-state index in [4.69, 9.17) is 16.3 Å². The topological polar surface area (TPSA) is 67.0 Å². The number of hydrogen-bond acceptors (Lipinski definition) is 3. The third-order valence-electron chi connectivity index (χ3n) is 5.06. The number of carbonyl (C=O) groups excluding carboxylic acids is 1. The maximum atomic E-state index is 12.1. The van der Waals surface area contributed by atoms with E-state index in [1.165, 1.54) is 0 Å². The zero-order valence-corrected chi connectivity index (χ0v) is 16.2. The predicted octanol–water partition coefficient (Wildman–Crippen LogP) is 4.52. The molecule has 0 unspecified atom stereocenters. The van der Waals surface area contributed by atoms with Crippen LogP contribution in [0.5, 0.6) is 5.75 Å². The normalized spacial score (nSPS) is 14.9. The number of carbonyl (C=O) groups is 1. The Bertz CT molecular complexity index is 1010. The molecule has 0 spiro atoms. The van der Waals surface area contributed by atoms with E-state index in [-0.39, 0.29) is 11.3 Å². The Hall–Kier alpha value is -2.53. The fourth-order valence-electron chi connectivity index (χ4n) is 3.03. The van der Waals surface area contributed by atoms with Gasteiger partial charge in [0.1, 0.15) is 12.4 Å². The van der Waals surface area contributed by atoms with Crippen LogP contribution in [0.2, 0.25) is 5.02 Å². The highest BCUT2D eigenvalue weighted by Gasteiger charge is 2.44. The summed E-state index contributed by atoms with van der Waals surface area (Å²) in [5, 5.41) is 4.54. The van der Waals surface area contributed by atoms with Crippen LogP contribution in [-0.4, -0.2) is 15.9 Å². The van der Waals surface area contributed by atoms with E-state index >= 15 is 0 Å². The van der Waals surface area contributed by atoms with E-state index in [0.29, 0.717) is 23.9 Å². The van der Waals surface area contributed by atoms with E-state index in [1.54, 1.807) is 6.20 Å². The highest BCUT2D eigenvalue weighted by molar-refractivity contribution is 6.32. The lowest BCUT2D eigenvalue weighted by atomic mass is 10.1. The number of benzene rings is 1. The van der Waals surface area contributed by atoms with Gasteiger partial charge in [-0.05, 0) is 49.6 Å². The molecule has 5 nitrogen and oxygen atoms in total. The lowest BCUT2D eigenvalue weighted by molar-refractivity contribution is -0.125. The number of hydrogen-bond donors (Lipinski definition) is 2. The van der Waals surface area contributed by atoms with E-state index in [9.17, 15) is 4.79 Å². The second kappa shape index (κ2) is 6.89. The first kappa shape index (κ1) is 17.9. The third kappa shape index (κ3) is 3.93. The first-order valence-electron chi connectivity index (χ1n) is 9.07. The molecule has 0 saturated heterocycles. The van der Waals surface area contributed by atoms with Crippen LogP contribution in [0.15, 0.2) is 36.5 Å². The molecule has 1 amide bonds. The van der Waals surface area contributed by atoms with Crippen LogP contribution in [-0.2, 0) is 17.9 Å². The standard InChI is InChI=1S/C21H22ClN3O2/c1-13-3-6-23-16(7-13)12-27-19-10-18-14(9-17(19)22)8-15(25-18)11-24-20(26)21(2)4-5-21/h3,6-10,25H,4-5,11-12H2,1-2H3,(H,24,26). The van der Waals surface area contributed by atoms with Crippen LogP contribution in [0.1, 0.15) is 36.7 Å². The van der Waals surface area contributed by atoms with Crippen molar-refractivity contribution in [3.63, 3.8) is 0 Å². The maximum absolute atomic E-state index is 12.1. The van der Waals surface area contributed by atoms with Gasteiger partial charge in [0.25, 0.3) is 0 Å². The van der Waals surface area contributed by atoms with Crippen molar-refractivity contribution in [2.75, 3.05) is 0 Å². The highest BCUT2D eigenvalue weighted by atomic mass is 35.5. The fraction of sp³-hybridized carbons (Fsp3) is 0.333. The van der Waals surface area contributed by atoms with Gasteiger partial charge >= 0.3 is 0 Å². The van der Waals surface area contributed by atoms with Gasteiger partial charge in [-0.25, -0.2) is 0 Å². The van der Waals surface area contributed by atoms with Crippen molar-refractivity contribution in [2.45, 2.75) is 39.8 Å². The third-order valence-corrected chi connectivity index (χ3v) is 5.36. The van der Waals surface area contributed by atoms with E-state index in [1.807, 2.05) is 44.2 Å². The average Bonchev–Trinajstić information content (AvgIpc) is 3.27. The Morgan fingerprint density at radius 3 is 2.89 bits per heavy atom. The minimum Gasteiger partial charge on any atom is -0.486 e. The molecule has 1 saturated carbocycles. The molecule has 1 aliphatic rings. The second-order valence-corrected chi connectivity index (χ2v) is 7.93. The van der Waals surface area contributed by atoms with Crippen LogP contribution in [0.25, 0.3) is 10.9 Å². The summed E-state index contributed by atoms with van der Waals surface area (Å²) in [7, 11) is 0. The van der Waals surface area contributed by atoms with Gasteiger partial charge in [-0.1, -0.05) is 18.5 Å². The Morgan fingerprint density at radius 2 is 2.15 bits per heavy atom. The summed E-state index contributed by atoms with van der Waals surface area (Å²) in [4.78, 5) is 19.7. The molecule has 2 aromatic heterocycles. The molecule has 140 valence electrons. The number of halogens is 1. The number of aryl methyl sites for hydroxylation is 1. The van der Waals surface area contributed by atoms with Gasteiger partial charge in [-0.15, -0.1) is 0 Å². The lowest BCUT2D eigenvalue weighted by Crippen LogP contribution is -2.29.